The summed E-state index contributed by atoms with van der Waals surface area (Å²) in [5.41, 5.74) is 6.29. The van der Waals surface area contributed by atoms with Crippen LogP contribution in [0.25, 0.3) is 22.5 Å². The Hall–Kier alpha value is -3.16. The van der Waals surface area contributed by atoms with E-state index in [9.17, 15) is 0 Å². The molecular weight excluding hydrogens is 482 g/mol. The molecule has 5 nitrogen and oxygen atoms in total. The molecule has 0 aliphatic rings. The first-order valence-corrected chi connectivity index (χ1v) is 12.0. The number of hydrogen-bond acceptors (Lipinski definition) is 4. The zero-order valence-electron chi connectivity index (χ0n) is 17.1. The number of aromatic nitrogens is 5. The number of nitrogens with one attached hydrogen (secondary N) is 1. The Morgan fingerprint density at radius 2 is 1.62 bits per heavy atom. The largest absolute Gasteiger partial charge is 0.332 e. The minimum Gasteiger partial charge on any atom is -0.332 e. The summed E-state index contributed by atoms with van der Waals surface area (Å²) in [6.07, 6.45) is 1.99. The van der Waals surface area contributed by atoms with Crippen LogP contribution in [0.5, 0.6) is 0 Å². The molecule has 2 aromatic heterocycles. The van der Waals surface area contributed by atoms with Crippen molar-refractivity contribution in [2.45, 2.75) is 17.5 Å². The van der Waals surface area contributed by atoms with Crippen LogP contribution in [0.1, 0.15) is 11.3 Å². The van der Waals surface area contributed by atoms with Gasteiger partial charge in [0.2, 0.25) is 0 Å². The molecule has 2 heterocycles. The molecule has 7 heteroatoms. The topological polar surface area (TPSA) is 59.4 Å². The second kappa shape index (κ2) is 9.54. The monoisotopic (exact) mass is 501 g/mol. The van der Waals surface area contributed by atoms with Crippen molar-refractivity contribution in [1.82, 2.24) is 25.0 Å². The summed E-state index contributed by atoms with van der Waals surface area (Å²) in [6, 6.07) is 28.8. The van der Waals surface area contributed by atoms with E-state index in [4.69, 9.17) is 4.98 Å². The van der Waals surface area contributed by atoms with E-state index in [1.54, 1.807) is 11.8 Å². The van der Waals surface area contributed by atoms with Crippen LogP contribution in [0.15, 0.2) is 101 Å². The Morgan fingerprint density at radius 3 is 2.38 bits per heavy atom. The van der Waals surface area contributed by atoms with Gasteiger partial charge in [0, 0.05) is 27.5 Å². The minimum absolute atomic E-state index is 0.689. The van der Waals surface area contributed by atoms with Gasteiger partial charge in [0.15, 0.2) is 5.16 Å². The van der Waals surface area contributed by atoms with Crippen molar-refractivity contribution in [1.29, 1.82) is 0 Å². The average molecular weight is 502 g/mol. The fraction of sp³-hybridized carbons (Fsp3) is 0.0800. The van der Waals surface area contributed by atoms with Gasteiger partial charge in [-0.05, 0) is 17.7 Å². The molecule has 0 bridgehead atoms. The molecule has 158 valence electrons. The van der Waals surface area contributed by atoms with Crippen molar-refractivity contribution in [2.24, 2.45) is 0 Å². The van der Waals surface area contributed by atoms with Gasteiger partial charge < -0.3 is 4.98 Å². The number of H-pyrrole nitrogens is 1. The van der Waals surface area contributed by atoms with E-state index >= 15 is 0 Å². The molecule has 5 rings (SSSR count). The number of aromatic amines is 1. The molecule has 0 saturated heterocycles. The predicted molar refractivity (Wildman–Crippen MR) is 132 cm³/mol. The van der Waals surface area contributed by atoms with Gasteiger partial charge in [-0.3, -0.25) is 0 Å². The van der Waals surface area contributed by atoms with E-state index < -0.39 is 0 Å². The first kappa shape index (κ1) is 20.7. The standard InChI is InChI=1S/C25H20BrN5S/c26-21-13-7-8-18(14-21)15-31-16-22(29-30-31)17-32-25-27-23(19-9-3-1-4-10-19)24(28-25)20-11-5-2-6-12-20/h1-14,16H,15,17H2,(H,27,28). The van der Waals surface area contributed by atoms with E-state index in [1.807, 2.05) is 59.4 Å². The summed E-state index contributed by atoms with van der Waals surface area (Å²) in [4.78, 5) is 8.41. The highest BCUT2D eigenvalue weighted by atomic mass is 79.9. The molecule has 3 aromatic carbocycles. The lowest BCUT2D eigenvalue weighted by atomic mass is 10.1. The van der Waals surface area contributed by atoms with E-state index in [2.05, 4.69) is 67.6 Å². The number of benzene rings is 3. The maximum absolute atomic E-state index is 4.90. The van der Waals surface area contributed by atoms with Gasteiger partial charge >= 0.3 is 0 Å². The first-order chi connectivity index (χ1) is 15.7. The maximum Gasteiger partial charge on any atom is 0.166 e. The average Bonchev–Trinajstić information content (AvgIpc) is 3.46. The molecule has 0 atom stereocenters. The van der Waals surface area contributed by atoms with Crippen LogP contribution in [-0.4, -0.2) is 25.0 Å². The van der Waals surface area contributed by atoms with Crippen LogP contribution in [0.4, 0.5) is 0 Å². The molecule has 0 radical (unpaired) electrons. The lowest BCUT2D eigenvalue weighted by molar-refractivity contribution is 0.649. The first-order valence-electron chi connectivity index (χ1n) is 10.2. The number of rotatable bonds is 7. The zero-order valence-corrected chi connectivity index (χ0v) is 19.6. The third-order valence-electron chi connectivity index (χ3n) is 4.97. The Bertz CT molecular complexity index is 1260. The van der Waals surface area contributed by atoms with Crippen molar-refractivity contribution < 1.29 is 0 Å². The number of hydrogen-bond donors (Lipinski definition) is 1. The van der Waals surface area contributed by atoms with Gasteiger partial charge in [-0.25, -0.2) is 9.67 Å². The Kier molecular flexibility index (Phi) is 6.18. The van der Waals surface area contributed by atoms with Gasteiger partial charge in [0.05, 0.1) is 23.6 Å². The van der Waals surface area contributed by atoms with E-state index in [0.29, 0.717) is 12.3 Å². The van der Waals surface area contributed by atoms with Crippen molar-refractivity contribution in [3.8, 4) is 22.5 Å². The maximum atomic E-state index is 4.90. The number of thioether (sulfide) groups is 1. The Balaban J connectivity index is 1.34. The molecule has 0 aliphatic heterocycles. The fourth-order valence-corrected chi connectivity index (χ4v) is 4.68. The number of nitrogens with zero attached hydrogens (tertiary/aromatic N) is 4. The van der Waals surface area contributed by atoms with Crippen LogP contribution >= 0.6 is 27.7 Å². The van der Waals surface area contributed by atoms with Crippen LogP contribution < -0.4 is 0 Å². The third-order valence-corrected chi connectivity index (χ3v) is 6.37. The molecule has 0 saturated carbocycles. The van der Waals surface area contributed by atoms with E-state index in [0.717, 1.165) is 37.8 Å². The molecule has 1 N–H and O–H groups in total. The molecular formula is C25H20BrN5S. The molecule has 32 heavy (non-hydrogen) atoms. The predicted octanol–water partition coefficient (Wildman–Crippen LogP) is 6.44. The summed E-state index contributed by atoms with van der Waals surface area (Å²) < 4.78 is 2.93. The molecule has 0 fully saturated rings. The second-order valence-corrected chi connectivity index (χ2v) is 9.20. The summed E-state index contributed by atoms with van der Waals surface area (Å²) in [7, 11) is 0. The highest BCUT2D eigenvalue weighted by Gasteiger charge is 2.15. The highest BCUT2D eigenvalue weighted by molar-refractivity contribution is 9.10. The SMILES string of the molecule is Brc1cccc(Cn2cc(CSc3nc(-c4ccccc4)c(-c4ccccc4)[nH]3)nn2)c1. The molecule has 0 amide bonds. The van der Waals surface area contributed by atoms with Crippen molar-refractivity contribution in [2.75, 3.05) is 0 Å². The fourth-order valence-electron chi connectivity index (χ4n) is 3.49. The number of imidazole rings is 1. The summed E-state index contributed by atoms with van der Waals surface area (Å²) in [5, 5.41) is 9.48. The van der Waals surface area contributed by atoms with E-state index in [1.165, 1.54) is 5.56 Å². The van der Waals surface area contributed by atoms with Crippen LogP contribution in [0.3, 0.4) is 0 Å². The minimum atomic E-state index is 0.689. The lowest BCUT2D eigenvalue weighted by Gasteiger charge is -2.02. The van der Waals surface area contributed by atoms with Gasteiger partial charge in [-0.15, -0.1) is 5.10 Å². The van der Waals surface area contributed by atoms with Gasteiger partial charge in [0.25, 0.3) is 0 Å². The summed E-state index contributed by atoms with van der Waals surface area (Å²) in [5.74, 6) is 0.689. The number of halogens is 1. The van der Waals surface area contributed by atoms with Crippen molar-refractivity contribution in [3.63, 3.8) is 0 Å². The van der Waals surface area contributed by atoms with Crippen LogP contribution in [0, 0.1) is 0 Å². The quantitative estimate of drug-likeness (QED) is 0.260. The van der Waals surface area contributed by atoms with Crippen LogP contribution in [-0.2, 0) is 12.3 Å². The molecule has 0 aliphatic carbocycles. The van der Waals surface area contributed by atoms with Gasteiger partial charge in [-0.1, -0.05) is 106 Å². The Labute approximate surface area is 199 Å². The van der Waals surface area contributed by atoms with Crippen molar-refractivity contribution >= 4 is 27.7 Å². The summed E-state index contributed by atoms with van der Waals surface area (Å²) in [6.45, 7) is 0.689. The molecule has 0 spiro atoms. The Morgan fingerprint density at radius 1 is 0.875 bits per heavy atom. The van der Waals surface area contributed by atoms with Gasteiger partial charge in [0.1, 0.15) is 0 Å². The van der Waals surface area contributed by atoms with Crippen LogP contribution in [0.2, 0.25) is 0 Å². The molecule has 5 aromatic rings. The smallest absolute Gasteiger partial charge is 0.166 e. The van der Waals surface area contributed by atoms with Crippen molar-refractivity contribution in [3.05, 3.63) is 107 Å². The van der Waals surface area contributed by atoms with Gasteiger partial charge in [-0.2, -0.15) is 0 Å². The highest BCUT2D eigenvalue weighted by Crippen LogP contribution is 2.33. The van der Waals surface area contributed by atoms with E-state index in [-0.39, 0.29) is 0 Å². The normalized spacial score (nSPS) is 11.0. The lowest BCUT2D eigenvalue weighted by Crippen LogP contribution is -2.00. The molecule has 0 unspecified atom stereocenters. The third kappa shape index (κ3) is 4.84. The summed E-state index contributed by atoms with van der Waals surface area (Å²) >= 11 is 5.14. The second-order valence-electron chi connectivity index (χ2n) is 7.32. The zero-order chi connectivity index (χ0) is 21.8.